The summed E-state index contributed by atoms with van der Waals surface area (Å²) in [5.74, 6) is -5.66. The van der Waals surface area contributed by atoms with Crippen LogP contribution in [-0.4, -0.2) is 36.0 Å². The van der Waals surface area contributed by atoms with E-state index >= 15 is 0 Å². The summed E-state index contributed by atoms with van der Waals surface area (Å²) in [7, 11) is 0. The lowest BCUT2D eigenvalue weighted by atomic mass is 10.2. The van der Waals surface area contributed by atoms with Crippen molar-refractivity contribution in [2.75, 3.05) is 6.54 Å². The van der Waals surface area contributed by atoms with Crippen LogP contribution in [0.3, 0.4) is 0 Å². The number of rotatable bonds is 5. The van der Waals surface area contributed by atoms with E-state index in [0.29, 0.717) is 0 Å². The second kappa shape index (κ2) is 5.30. The molecule has 1 N–H and O–H groups in total. The summed E-state index contributed by atoms with van der Waals surface area (Å²) >= 11 is 0. The monoisotopic (exact) mass is 322 g/mol. The Morgan fingerprint density at radius 3 is 1.50 bits per heavy atom. The largest absolute Gasteiger partial charge is 0.472 e. The van der Waals surface area contributed by atoms with Crippen LogP contribution >= 0.6 is 0 Å². The fourth-order valence-electron chi connectivity index (χ4n) is 0.994. The molecule has 0 aliphatic heterocycles. The summed E-state index contributed by atoms with van der Waals surface area (Å²) in [6, 6.07) is -6.54. The molecule has 0 rings (SSSR count). The maximum absolute atomic E-state index is 13.0. The maximum Gasteiger partial charge on any atom is 0.472 e. The quantitative estimate of drug-likeness (QED) is 0.614. The van der Waals surface area contributed by atoms with Crippen LogP contribution in [0, 0.1) is 0 Å². The van der Waals surface area contributed by atoms with Gasteiger partial charge in [0.15, 0.2) is 0 Å². The van der Waals surface area contributed by atoms with Crippen LogP contribution in [-0.2, 0) is 0 Å². The van der Waals surface area contributed by atoms with Crippen molar-refractivity contribution in [1.82, 2.24) is 10.2 Å². The van der Waals surface area contributed by atoms with E-state index in [1.54, 1.807) is 0 Å². The van der Waals surface area contributed by atoms with Gasteiger partial charge in [0.1, 0.15) is 0 Å². The van der Waals surface area contributed by atoms with Gasteiger partial charge in [0.25, 0.3) is 0 Å². The molecule has 0 aromatic heterocycles. The molecule has 0 aliphatic rings. The van der Waals surface area contributed by atoms with E-state index in [9.17, 15) is 43.9 Å². The van der Waals surface area contributed by atoms with Gasteiger partial charge in [-0.05, 0) is 6.92 Å². The van der Waals surface area contributed by atoms with E-state index in [-0.39, 0.29) is 5.70 Å². The van der Waals surface area contributed by atoms with Crippen molar-refractivity contribution in [1.29, 1.82) is 0 Å². The van der Waals surface area contributed by atoms with Gasteiger partial charge < -0.3 is 5.32 Å². The second-order valence-corrected chi connectivity index (χ2v) is 3.65. The summed E-state index contributed by atoms with van der Waals surface area (Å²) in [6.45, 7) is 1.78. The van der Waals surface area contributed by atoms with Gasteiger partial charge in [-0.25, -0.2) is 0 Å². The Hall–Kier alpha value is -1.20. The minimum Gasteiger partial charge on any atom is -0.383 e. The van der Waals surface area contributed by atoms with Crippen LogP contribution in [0.2, 0.25) is 0 Å². The molecule has 0 saturated heterocycles. The van der Waals surface area contributed by atoms with Crippen molar-refractivity contribution in [3.63, 3.8) is 0 Å². The van der Waals surface area contributed by atoms with Crippen LogP contribution in [0.15, 0.2) is 12.3 Å². The molecule has 12 heteroatoms. The van der Waals surface area contributed by atoms with Gasteiger partial charge >= 0.3 is 24.6 Å². The van der Waals surface area contributed by atoms with Crippen LogP contribution in [0.4, 0.5) is 43.9 Å². The number of alkyl halides is 10. The van der Waals surface area contributed by atoms with E-state index in [2.05, 4.69) is 6.58 Å². The second-order valence-electron chi connectivity index (χ2n) is 3.65. The lowest BCUT2D eigenvalue weighted by molar-refractivity contribution is -0.467. The molecule has 0 bridgehead atoms. The first-order chi connectivity index (χ1) is 8.53. The van der Waals surface area contributed by atoms with Crippen molar-refractivity contribution in [3.05, 3.63) is 12.3 Å². The minimum atomic E-state index is -6.74. The summed E-state index contributed by atoms with van der Waals surface area (Å²) in [5, 5.41) is 1.46. The first-order valence-corrected chi connectivity index (χ1v) is 4.62. The highest BCUT2D eigenvalue weighted by Gasteiger charge is 2.74. The van der Waals surface area contributed by atoms with Crippen LogP contribution < -0.4 is 5.32 Å². The van der Waals surface area contributed by atoms with Crippen molar-refractivity contribution >= 4 is 0 Å². The Kier molecular flexibility index (Phi) is 4.98. The van der Waals surface area contributed by atoms with Gasteiger partial charge in [0.2, 0.25) is 0 Å². The average Bonchev–Trinajstić information content (AvgIpc) is 2.08. The summed E-state index contributed by atoms with van der Waals surface area (Å²) in [4.78, 5) is -3.44. The smallest absolute Gasteiger partial charge is 0.383 e. The number of hydrogen-bond acceptors (Lipinski definition) is 2. The molecule has 0 aromatic carbocycles. The van der Waals surface area contributed by atoms with Gasteiger partial charge in [-0.3, -0.25) is 0 Å². The summed E-state index contributed by atoms with van der Waals surface area (Å²) in [6.07, 6.45) is -13.5. The molecule has 120 valence electrons. The molecule has 0 spiro atoms. The van der Waals surface area contributed by atoms with Crippen molar-refractivity contribution in [3.8, 4) is 0 Å². The van der Waals surface area contributed by atoms with E-state index in [4.69, 9.17) is 0 Å². The third kappa shape index (κ3) is 4.15. The number of nitrogens with one attached hydrogen (secondary N) is 1. The van der Waals surface area contributed by atoms with E-state index in [1.165, 1.54) is 5.32 Å². The van der Waals surface area contributed by atoms with Gasteiger partial charge in [-0.2, -0.15) is 43.9 Å². The lowest BCUT2D eigenvalue weighted by Crippen LogP contribution is -2.66. The highest BCUT2D eigenvalue weighted by atomic mass is 19.4. The summed E-state index contributed by atoms with van der Waals surface area (Å²) < 4.78 is 124. The van der Waals surface area contributed by atoms with Gasteiger partial charge in [0, 0.05) is 5.70 Å². The molecular weight excluding hydrogens is 314 g/mol. The van der Waals surface area contributed by atoms with Gasteiger partial charge in [-0.1, -0.05) is 11.5 Å². The number of halogens is 10. The number of hydrogen-bond donors (Lipinski definition) is 1. The highest BCUT2D eigenvalue weighted by Crippen LogP contribution is 2.48. The third-order valence-corrected chi connectivity index (χ3v) is 1.84. The minimum absolute atomic E-state index is 0.342. The lowest BCUT2D eigenvalue weighted by Gasteiger charge is -2.37. The molecule has 0 atom stereocenters. The van der Waals surface area contributed by atoms with Crippen molar-refractivity contribution < 1.29 is 43.9 Å². The molecular formula is C8H8F10N2. The molecule has 0 aromatic rings. The predicted octanol–water partition coefficient (Wildman–Crippen LogP) is 3.68. The SMILES string of the molecule is C=C(C)NCC(F)(F)C(F)(F)N(C(F)(F)F)C(F)(F)F. The van der Waals surface area contributed by atoms with E-state index in [1.807, 2.05) is 0 Å². The summed E-state index contributed by atoms with van der Waals surface area (Å²) in [5.41, 5.74) is -0.342. The molecule has 0 heterocycles. The van der Waals surface area contributed by atoms with Crippen LogP contribution in [0.5, 0.6) is 0 Å². The third-order valence-electron chi connectivity index (χ3n) is 1.84. The van der Waals surface area contributed by atoms with Gasteiger partial charge in [0.05, 0.1) is 6.54 Å². The molecule has 0 radical (unpaired) electrons. The first kappa shape index (κ1) is 18.8. The zero-order valence-electron chi connectivity index (χ0n) is 9.64. The standard InChI is InChI=1S/C8H8F10N2/c1-4(2)19-3-5(9,10)6(11,12)20(7(13,14)15)8(16,17)18/h19H,1,3H2,2H3. The zero-order chi connectivity index (χ0) is 16.6. The Labute approximate surface area is 106 Å². The van der Waals surface area contributed by atoms with Crippen LogP contribution in [0.25, 0.3) is 0 Å². The van der Waals surface area contributed by atoms with Crippen LogP contribution in [0.1, 0.15) is 6.92 Å². The Balaban J connectivity index is 5.58. The highest BCUT2D eigenvalue weighted by molar-refractivity contribution is 4.94. The fourth-order valence-corrected chi connectivity index (χ4v) is 0.994. The molecule has 20 heavy (non-hydrogen) atoms. The van der Waals surface area contributed by atoms with Gasteiger partial charge in [-0.15, -0.1) is 0 Å². The number of nitrogens with zero attached hydrogens (tertiary/aromatic N) is 1. The predicted molar refractivity (Wildman–Crippen MR) is 46.7 cm³/mol. The molecule has 0 saturated carbocycles. The Morgan fingerprint density at radius 1 is 0.900 bits per heavy atom. The molecule has 0 unspecified atom stereocenters. The fraction of sp³-hybridized carbons (Fsp3) is 0.750. The Bertz CT molecular complexity index is 341. The molecule has 0 amide bonds. The maximum atomic E-state index is 13.0. The molecule has 0 aliphatic carbocycles. The topological polar surface area (TPSA) is 15.3 Å². The molecule has 2 nitrogen and oxygen atoms in total. The first-order valence-electron chi connectivity index (χ1n) is 4.62. The van der Waals surface area contributed by atoms with Crippen molar-refractivity contribution in [2.45, 2.75) is 31.5 Å². The zero-order valence-corrected chi connectivity index (χ0v) is 9.64. The van der Waals surface area contributed by atoms with E-state index in [0.717, 1.165) is 6.92 Å². The average molecular weight is 322 g/mol. The normalized spacial score (nSPS) is 14.6. The van der Waals surface area contributed by atoms with E-state index < -0.39 is 36.0 Å². The molecule has 0 fully saturated rings. The Morgan fingerprint density at radius 2 is 1.25 bits per heavy atom. The number of allylic oxidation sites excluding steroid dienone is 1. The van der Waals surface area contributed by atoms with Crippen molar-refractivity contribution in [2.24, 2.45) is 0 Å².